The quantitative estimate of drug-likeness (QED) is 0.919. The van der Waals surface area contributed by atoms with Crippen LogP contribution in [0.5, 0.6) is 0 Å². The smallest absolute Gasteiger partial charge is 0.254 e. The number of hydrogen-bond acceptors (Lipinski definition) is 5. The van der Waals surface area contributed by atoms with Gasteiger partial charge in [0.2, 0.25) is 0 Å². The summed E-state index contributed by atoms with van der Waals surface area (Å²) in [6.45, 7) is 4.21. The Morgan fingerprint density at radius 1 is 1.42 bits per heavy atom. The van der Waals surface area contributed by atoms with Gasteiger partial charge in [0, 0.05) is 18.6 Å². The first-order chi connectivity index (χ1) is 8.95. The van der Waals surface area contributed by atoms with Crippen LogP contribution in [0.25, 0.3) is 0 Å². The Morgan fingerprint density at radius 3 is 2.53 bits per heavy atom. The molecule has 0 spiro atoms. The molecule has 1 heterocycles. The molecule has 0 unspecified atom stereocenters. The molecule has 0 bridgehead atoms. The van der Waals surface area contributed by atoms with Crippen LogP contribution in [0.1, 0.15) is 37.6 Å². The van der Waals surface area contributed by atoms with E-state index >= 15 is 0 Å². The molecule has 1 aromatic heterocycles. The topological polar surface area (TPSA) is 76.3 Å². The van der Waals surface area contributed by atoms with E-state index in [2.05, 4.69) is 4.98 Å². The molecule has 0 atom stereocenters. The molecule has 1 aliphatic rings. The predicted molar refractivity (Wildman–Crippen MR) is 76.6 cm³/mol. The average Bonchev–Trinajstić information content (AvgIpc) is 2.80. The predicted octanol–water partition coefficient (Wildman–Crippen LogP) is 1.73. The Kier molecular flexibility index (Phi) is 4.60. The summed E-state index contributed by atoms with van der Waals surface area (Å²) in [5.74, 6) is 0. The minimum Gasteiger partial charge on any atom is -0.328 e. The van der Waals surface area contributed by atoms with E-state index in [0.29, 0.717) is 10.8 Å². The number of aromatic nitrogens is 1. The fourth-order valence-electron chi connectivity index (χ4n) is 2.59. The fourth-order valence-corrected chi connectivity index (χ4v) is 5.52. The molecule has 1 aromatic rings. The fraction of sp³-hybridized carbons (Fsp3) is 0.750. The van der Waals surface area contributed by atoms with Crippen molar-refractivity contribution in [2.45, 2.75) is 55.8 Å². The van der Waals surface area contributed by atoms with Gasteiger partial charge in [-0.2, -0.15) is 4.31 Å². The van der Waals surface area contributed by atoms with Crippen molar-refractivity contribution < 1.29 is 8.42 Å². The molecule has 0 saturated heterocycles. The second kappa shape index (κ2) is 5.87. The van der Waals surface area contributed by atoms with Gasteiger partial charge in [-0.1, -0.05) is 6.92 Å². The molecule has 0 amide bonds. The van der Waals surface area contributed by atoms with Gasteiger partial charge in [0.15, 0.2) is 4.21 Å². The highest BCUT2D eigenvalue weighted by atomic mass is 32.2. The molecule has 1 aliphatic carbocycles. The third-order valence-corrected chi connectivity index (χ3v) is 7.00. The molecule has 0 aliphatic heterocycles. The largest absolute Gasteiger partial charge is 0.328 e. The van der Waals surface area contributed by atoms with Gasteiger partial charge in [-0.3, -0.25) is 0 Å². The Labute approximate surface area is 118 Å². The van der Waals surface area contributed by atoms with Crippen molar-refractivity contribution in [1.82, 2.24) is 9.29 Å². The number of sulfonamides is 1. The van der Waals surface area contributed by atoms with E-state index in [0.717, 1.165) is 30.7 Å². The van der Waals surface area contributed by atoms with Crippen LogP contribution in [0.2, 0.25) is 0 Å². The summed E-state index contributed by atoms with van der Waals surface area (Å²) in [6, 6.07) is 0.306. The molecule has 7 heteroatoms. The lowest BCUT2D eigenvalue weighted by Crippen LogP contribution is -2.43. The van der Waals surface area contributed by atoms with Crippen LogP contribution in [0.3, 0.4) is 0 Å². The molecule has 0 aromatic carbocycles. The zero-order chi connectivity index (χ0) is 14.0. The zero-order valence-corrected chi connectivity index (χ0v) is 13.0. The number of nitrogens with two attached hydrogens (primary N) is 1. The molecule has 1 fully saturated rings. The Morgan fingerprint density at radius 2 is 2.05 bits per heavy atom. The van der Waals surface area contributed by atoms with Crippen molar-refractivity contribution in [3.63, 3.8) is 0 Å². The van der Waals surface area contributed by atoms with Crippen LogP contribution >= 0.6 is 11.3 Å². The minimum atomic E-state index is -3.40. The highest BCUT2D eigenvalue weighted by Crippen LogP contribution is 2.29. The number of rotatable bonds is 4. The third kappa shape index (κ3) is 3.16. The lowest BCUT2D eigenvalue weighted by atomic mass is 9.92. The summed E-state index contributed by atoms with van der Waals surface area (Å²) < 4.78 is 27.2. The number of nitrogens with zero attached hydrogens (tertiary/aromatic N) is 2. The van der Waals surface area contributed by atoms with Crippen LogP contribution in [-0.2, 0) is 10.0 Å². The minimum absolute atomic E-state index is 0.0807. The zero-order valence-electron chi connectivity index (χ0n) is 11.4. The van der Waals surface area contributed by atoms with Gasteiger partial charge in [0.1, 0.15) is 0 Å². The van der Waals surface area contributed by atoms with Gasteiger partial charge < -0.3 is 5.73 Å². The van der Waals surface area contributed by atoms with Crippen LogP contribution in [0.15, 0.2) is 10.4 Å². The van der Waals surface area contributed by atoms with Crippen LogP contribution < -0.4 is 5.73 Å². The van der Waals surface area contributed by atoms with E-state index < -0.39 is 10.0 Å². The second-order valence-corrected chi connectivity index (χ2v) is 8.33. The van der Waals surface area contributed by atoms with Crippen LogP contribution in [0.4, 0.5) is 0 Å². The van der Waals surface area contributed by atoms with Crippen LogP contribution in [-0.4, -0.2) is 36.3 Å². The van der Waals surface area contributed by atoms with E-state index in [1.807, 2.05) is 13.8 Å². The van der Waals surface area contributed by atoms with Gasteiger partial charge in [0.05, 0.1) is 11.2 Å². The highest BCUT2D eigenvalue weighted by Gasteiger charge is 2.33. The maximum absolute atomic E-state index is 12.6. The van der Waals surface area contributed by atoms with E-state index in [1.165, 1.54) is 17.5 Å². The standard InChI is InChI=1S/C12H21N3O2S2/c1-3-15(11-6-4-10(13)5-7-11)19(16,17)12-8-14-9(2)18-12/h8,10-11H,3-7,13H2,1-2H3. The Bertz CT molecular complexity index is 519. The Hall–Kier alpha value is -0.500. The highest BCUT2D eigenvalue weighted by molar-refractivity contribution is 7.91. The average molecular weight is 303 g/mol. The monoisotopic (exact) mass is 303 g/mol. The lowest BCUT2D eigenvalue weighted by molar-refractivity contribution is 0.247. The van der Waals surface area contributed by atoms with Crippen molar-refractivity contribution >= 4 is 21.4 Å². The van der Waals surface area contributed by atoms with Gasteiger partial charge in [-0.15, -0.1) is 11.3 Å². The Balaban J connectivity index is 2.21. The number of thiazole rings is 1. The SMILES string of the molecule is CCN(C1CCC(N)CC1)S(=O)(=O)c1cnc(C)s1. The van der Waals surface area contributed by atoms with Gasteiger partial charge >= 0.3 is 0 Å². The molecule has 108 valence electrons. The molecule has 19 heavy (non-hydrogen) atoms. The molecule has 2 N–H and O–H groups in total. The normalized spacial score (nSPS) is 24.8. The van der Waals surface area contributed by atoms with E-state index in [-0.39, 0.29) is 12.1 Å². The summed E-state index contributed by atoms with van der Waals surface area (Å²) in [4.78, 5) is 4.05. The molecular weight excluding hydrogens is 282 g/mol. The molecule has 1 saturated carbocycles. The van der Waals surface area contributed by atoms with Crippen molar-refractivity contribution in [1.29, 1.82) is 0 Å². The van der Waals surface area contributed by atoms with Crippen LogP contribution in [0, 0.1) is 6.92 Å². The lowest BCUT2D eigenvalue weighted by Gasteiger charge is -2.34. The second-order valence-electron chi connectivity index (χ2n) is 4.98. The summed E-state index contributed by atoms with van der Waals surface area (Å²) in [6.07, 6.45) is 4.97. The molecular formula is C12H21N3O2S2. The maximum Gasteiger partial charge on any atom is 0.254 e. The summed E-state index contributed by atoms with van der Waals surface area (Å²) in [5, 5.41) is 0.778. The summed E-state index contributed by atoms with van der Waals surface area (Å²) >= 11 is 1.24. The van der Waals surface area contributed by atoms with Crippen molar-refractivity contribution in [3.05, 3.63) is 11.2 Å². The van der Waals surface area contributed by atoms with E-state index in [9.17, 15) is 8.42 Å². The molecule has 0 radical (unpaired) electrons. The number of hydrogen-bond donors (Lipinski definition) is 1. The maximum atomic E-state index is 12.6. The first kappa shape index (κ1) is 14.9. The summed E-state index contributed by atoms with van der Waals surface area (Å²) in [5.41, 5.74) is 5.89. The van der Waals surface area contributed by atoms with Gasteiger partial charge in [-0.25, -0.2) is 13.4 Å². The van der Waals surface area contributed by atoms with Gasteiger partial charge in [0.25, 0.3) is 10.0 Å². The van der Waals surface area contributed by atoms with E-state index in [1.54, 1.807) is 4.31 Å². The van der Waals surface area contributed by atoms with Crippen molar-refractivity contribution in [2.75, 3.05) is 6.54 Å². The molecule has 5 nitrogen and oxygen atoms in total. The first-order valence-corrected chi connectivity index (χ1v) is 8.90. The third-order valence-electron chi connectivity index (χ3n) is 3.62. The number of aryl methyl sites for hydroxylation is 1. The van der Waals surface area contributed by atoms with Gasteiger partial charge in [-0.05, 0) is 32.6 Å². The first-order valence-electron chi connectivity index (χ1n) is 6.65. The summed E-state index contributed by atoms with van der Waals surface area (Å²) in [7, 11) is -3.40. The van der Waals surface area contributed by atoms with E-state index in [4.69, 9.17) is 5.73 Å². The van der Waals surface area contributed by atoms with Crippen molar-refractivity contribution in [2.24, 2.45) is 5.73 Å². The molecule has 2 rings (SSSR count). The van der Waals surface area contributed by atoms with Crippen molar-refractivity contribution in [3.8, 4) is 0 Å².